The van der Waals surface area contributed by atoms with Crippen LogP contribution in [0.2, 0.25) is 19.6 Å². The first-order chi connectivity index (χ1) is 20.2. The van der Waals surface area contributed by atoms with Crippen LogP contribution in [0.5, 0.6) is 0 Å². The molecule has 0 aliphatic heterocycles. The molecule has 0 amide bonds. The molecule has 3 aromatic heterocycles. The van der Waals surface area contributed by atoms with Crippen LogP contribution in [0.25, 0.3) is 44.6 Å². The Morgan fingerprint density at radius 3 is 2.11 bits per heavy atom. The van der Waals surface area contributed by atoms with E-state index in [1.165, 1.54) is 29.6 Å². The van der Waals surface area contributed by atoms with E-state index in [0.717, 1.165) is 27.6 Å². The van der Waals surface area contributed by atoms with E-state index >= 15 is 0 Å². The average Bonchev–Trinajstić information content (AvgIpc) is 3.34. The molecule has 0 fully saturated rings. The molecule has 0 aliphatic rings. The molecule has 0 saturated heterocycles. The maximum atomic E-state index is 7.28. The maximum Gasteiger partial charge on any atom is 0.218 e. The molecule has 6 aromatic rings. The van der Waals surface area contributed by atoms with Gasteiger partial charge in [-0.05, 0) is 29.9 Å². The second-order valence-electron chi connectivity index (χ2n) is 9.81. The summed E-state index contributed by atoms with van der Waals surface area (Å²) in [7, 11) is -1.29. The van der Waals surface area contributed by atoms with E-state index < -0.39 is 21.8 Å². The van der Waals surface area contributed by atoms with Gasteiger partial charge in [0.1, 0.15) is 5.58 Å². The number of nitrogens with zero attached hydrogens (tertiary/aromatic N) is 2. The van der Waals surface area contributed by atoms with Crippen molar-refractivity contribution in [3.63, 3.8) is 0 Å². The van der Waals surface area contributed by atoms with Crippen molar-refractivity contribution >= 4 is 35.3 Å². The number of benzene rings is 3. The fraction of sp³-hybridized carbons (Fsp3) is 0.152. The molecule has 0 unspecified atom stereocenters. The van der Waals surface area contributed by atoms with Gasteiger partial charge in [0.05, 0.1) is 0 Å². The van der Waals surface area contributed by atoms with E-state index in [1.807, 2.05) is 24.3 Å². The Bertz CT molecular complexity index is 1800. The van der Waals surface area contributed by atoms with Gasteiger partial charge in [0.15, 0.2) is 0 Å². The number of rotatable bonds is 3. The molecule has 3 aromatic carbocycles. The minimum atomic E-state index is -2.18. The number of furan rings is 1. The first-order valence-electron chi connectivity index (χ1n) is 15.0. The Labute approximate surface area is 247 Å². The molecule has 0 saturated carbocycles. The fourth-order valence-corrected chi connectivity index (χ4v) is 5.03. The number of aryl methyl sites for hydroxylation is 2. The molecule has 3 heterocycles. The summed E-state index contributed by atoms with van der Waals surface area (Å²) in [6.45, 7) is 2.69. The summed E-state index contributed by atoms with van der Waals surface area (Å²) in [4.78, 5) is 8.76. The number of hydrogen-bond donors (Lipinski definition) is 0. The molecule has 6 rings (SSSR count). The van der Waals surface area contributed by atoms with Crippen LogP contribution in [0.1, 0.15) is 19.4 Å². The predicted octanol–water partition coefficient (Wildman–Crippen LogP) is 8.16. The second kappa shape index (κ2) is 11.6. The van der Waals surface area contributed by atoms with Crippen LogP contribution >= 0.6 is 0 Å². The zero-order valence-corrected chi connectivity index (χ0v) is 24.7. The molecule has 0 bridgehead atoms. The van der Waals surface area contributed by atoms with Crippen molar-refractivity contribution in [1.82, 2.24) is 9.97 Å². The van der Waals surface area contributed by atoms with Crippen LogP contribution in [0.4, 0.5) is 0 Å². The Kier molecular flexibility index (Phi) is 6.26. The van der Waals surface area contributed by atoms with Crippen molar-refractivity contribution in [3.8, 4) is 22.5 Å². The third-order valence-electron chi connectivity index (χ3n) is 6.05. The number of para-hydroxylation sites is 1. The quantitative estimate of drug-likeness (QED) is 0.139. The van der Waals surface area contributed by atoms with E-state index in [-0.39, 0.29) is 31.2 Å². The SMILES string of the molecule is C[Si](C)(C)c1c[c-]c(-c2ccc3c(n2)oc2ccccc23)cc1.[2H]C([2H])([2H])c1c[c-]c(-c2ccc(C([2H])([2H])[2H])cn2)cc1.[Ir]. The van der Waals surface area contributed by atoms with Crippen molar-refractivity contribution in [2.24, 2.45) is 0 Å². The normalized spacial score (nSPS) is 14.1. The van der Waals surface area contributed by atoms with Gasteiger partial charge in [-0.2, -0.15) is 0 Å². The number of pyridine rings is 2. The van der Waals surface area contributed by atoms with Crippen LogP contribution in [-0.4, -0.2) is 18.0 Å². The number of fused-ring (bicyclic) bond motifs is 3. The third kappa shape index (κ3) is 6.19. The van der Waals surface area contributed by atoms with E-state index in [9.17, 15) is 0 Å². The first kappa shape index (κ1) is 20.6. The van der Waals surface area contributed by atoms with E-state index in [1.54, 1.807) is 12.1 Å². The summed E-state index contributed by atoms with van der Waals surface area (Å²) in [5.41, 5.74) is 5.02. The van der Waals surface area contributed by atoms with Gasteiger partial charge in [0.25, 0.3) is 0 Å². The fourth-order valence-electron chi connectivity index (χ4n) is 3.94. The van der Waals surface area contributed by atoms with Crippen LogP contribution in [0.15, 0.2) is 95.5 Å². The third-order valence-corrected chi connectivity index (χ3v) is 8.09. The van der Waals surface area contributed by atoms with Gasteiger partial charge < -0.3 is 9.40 Å². The van der Waals surface area contributed by atoms with Gasteiger partial charge in [-0.1, -0.05) is 69.0 Å². The zero-order chi connectivity index (χ0) is 31.0. The molecular weight excluding hydrogens is 661 g/mol. The molecular formula is C33H30IrN2OSi-2. The monoisotopic (exact) mass is 697 g/mol. The number of hydrogen-bond acceptors (Lipinski definition) is 3. The number of aromatic nitrogens is 2. The van der Waals surface area contributed by atoms with Crippen molar-refractivity contribution in [2.75, 3.05) is 0 Å². The summed E-state index contributed by atoms with van der Waals surface area (Å²) in [6.07, 6.45) is 1.30. The van der Waals surface area contributed by atoms with E-state index in [4.69, 9.17) is 12.6 Å². The Hall–Kier alpha value is -3.37. The van der Waals surface area contributed by atoms with Crippen LogP contribution in [-0.2, 0) is 20.1 Å². The van der Waals surface area contributed by atoms with Crippen molar-refractivity contribution in [3.05, 3.63) is 114 Å². The minimum Gasteiger partial charge on any atom is -0.439 e. The van der Waals surface area contributed by atoms with Gasteiger partial charge in [-0.25, -0.2) is 0 Å². The summed E-state index contributed by atoms with van der Waals surface area (Å²) in [5.74, 6) is 0. The summed E-state index contributed by atoms with van der Waals surface area (Å²) in [5, 5.41) is 3.58. The van der Waals surface area contributed by atoms with Crippen molar-refractivity contribution < 1.29 is 32.7 Å². The standard InChI is InChI=1S/C20H18NOSi.C13H12N.Ir/c1-23(2,3)15-10-8-14(9-11-15)18-13-12-17-16-6-4-5-7-19(16)22-20(17)21-18;1-10-3-6-12(7-4-10)13-8-5-11(2)9-14-13;/h4-8,10-13H,1-3H3;3-6,8-9H,1-2H3;/q2*-1;/i;1D3,2D3;. The first-order valence-corrected chi connectivity index (χ1v) is 15.5. The van der Waals surface area contributed by atoms with Crippen molar-refractivity contribution in [1.29, 1.82) is 0 Å². The molecule has 5 heteroatoms. The van der Waals surface area contributed by atoms with Crippen LogP contribution < -0.4 is 5.19 Å². The van der Waals surface area contributed by atoms with Gasteiger partial charge in [-0.3, -0.25) is 4.98 Å². The Morgan fingerprint density at radius 1 is 0.737 bits per heavy atom. The second-order valence-corrected chi connectivity index (χ2v) is 14.9. The molecule has 3 nitrogen and oxygen atoms in total. The molecule has 0 N–H and O–H groups in total. The van der Waals surface area contributed by atoms with Crippen molar-refractivity contribution in [2.45, 2.75) is 33.3 Å². The zero-order valence-electron chi connectivity index (χ0n) is 27.3. The average molecular weight is 697 g/mol. The molecule has 38 heavy (non-hydrogen) atoms. The smallest absolute Gasteiger partial charge is 0.218 e. The molecule has 193 valence electrons. The minimum absolute atomic E-state index is 0. The topological polar surface area (TPSA) is 38.9 Å². The summed E-state index contributed by atoms with van der Waals surface area (Å²) in [6, 6.07) is 32.5. The Balaban J connectivity index is 0.000000199. The Morgan fingerprint density at radius 2 is 1.45 bits per heavy atom. The molecule has 1 radical (unpaired) electrons. The van der Waals surface area contributed by atoms with Crippen LogP contribution in [0, 0.1) is 25.8 Å². The summed E-state index contributed by atoms with van der Waals surface area (Å²) < 4.78 is 49.5. The predicted molar refractivity (Wildman–Crippen MR) is 157 cm³/mol. The van der Waals surface area contributed by atoms with Gasteiger partial charge in [0.2, 0.25) is 5.71 Å². The van der Waals surface area contributed by atoms with Gasteiger partial charge >= 0.3 is 0 Å². The summed E-state index contributed by atoms with van der Waals surface area (Å²) >= 11 is 0. The molecule has 0 spiro atoms. The molecule has 0 atom stereocenters. The van der Waals surface area contributed by atoms with Crippen LogP contribution in [0.3, 0.4) is 0 Å². The maximum absolute atomic E-state index is 7.28. The largest absolute Gasteiger partial charge is 0.439 e. The van der Waals surface area contributed by atoms with Gasteiger partial charge in [0, 0.05) is 53.4 Å². The van der Waals surface area contributed by atoms with Gasteiger partial charge in [-0.15, -0.1) is 70.4 Å². The molecule has 0 aliphatic carbocycles. The van der Waals surface area contributed by atoms with E-state index in [2.05, 4.69) is 72.1 Å². The van der Waals surface area contributed by atoms with E-state index in [0.29, 0.717) is 17.0 Å².